The Hall–Kier alpha value is -3.28. The molecule has 0 aliphatic rings. The van der Waals surface area contributed by atoms with Gasteiger partial charge in [-0.2, -0.15) is 31.8 Å². The summed E-state index contributed by atoms with van der Waals surface area (Å²) in [6, 6.07) is 4.91. The lowest BCUT2D eigenvalue weighted by Crippen LogP contribution is -2.19. The molecular formula is C14H18N8O7S2. The molecule has 15 nitrogen and oxygen atoms in total. The average molecular weight is 474 g/mol. The zero-order chi connectivity index (χ0) is 22.6. The zero-order valence-electron chi connectivity index (χ0n) is 15.7. The van der Waals surface area contributed by atoms with E-state index in [9.17, 15) is 21.6 Å². The molecule has 0 fully saturated rings. The minimum atomic E-state index is -4.20. The Kier molecular flexibility index (Phi) is 6.39. The Balaban J connectivity index is 1.82. The van der Waals surface area contributed by atoms with Crippen LogP contribution in [-0.4, -0.2) is 75.5 Å². The molecule has 0 spiro atoms. The molecule has 0 saturated carbocycles. The quantitative estimate of drug-likeness (QED) is 0.182. The van der Waals surface area contributed by atoms with Gasteiger partial charge in [0.2, 0.25) is 17.8 Å². The SMILES string of the molecule is O=c1[nH]c2ccc(Nc3nc(NCCS(=O)(=O)O)nc(NCCS(=O)(=O)O)n3)cc2[nH]1. The number of hydrogen-bond acceptors (Lipinski definition) is 11. The lowest BCUT2D eigenvalue weighted by Gasteiger charge is -2.11. The van der Waals surface area contributed by atoms with Crippen LogP contribution in [0.1, 0.15) is 0 Å². The first kappa shape index (κ1) is 22.4. The van der Waals surface area contributed by atoms with Gasteiger partial charge in [-0.15, -0.1) is 0 Å². The van der Waals surface area contributed by atoms with E-state index in [-0.39, 0.29) is 36.6 Å². The van der Waals surface area contributed by atoms with Gasteiger partial charge in [-0.05, 0) is 18.2 Å². The molecule has 3 rings (SSSR count). The third-order valence-corrected chi connectivity index (χ3v) is 5.13. The number of rotatable bonds is 10. The van der Waals surface area contributed by atoms with E-state index in [0.29, 0.717) is 16.7 Å². The second-order valence-electron chi connectivity index (χ2n) is 6.20. The number of benzene rings is 1. The van der Waals surface area contributed by atoms with E-state index in [1.54, 1.807) is 18.2 Å². The standard InChI is InChI=1S/C14H18N8O7S2/c23-14-18-9-2-1-8(7-10(9)19-14)17-13-21-11(15-3-5-30(24,25)26)20-12(22-13)16-4-6-31(27,28)29/h1-2,7H,3-6H2,(H2,18,19,23)(H,24,25,26)(H,27,28,29)(H3,15,16,17,20,21,22). The number of anilines is 4. The van der Waals surface area contributed by atoms with Crippen molar-refractivity contribution < 1.29 is 25.9 Å². The lowest BCUT2D eigenvalue weighted by atomic mass is 10.3. The molecule has 2 heterocycles. The lowest BCUT2D eigenvalue weighted by molar-refractivity contribution is 0.481. The molecule has 2 aromatic heterocycles. The number of aromatic amines is 2. The predicted octanol–water partition coefficient (Wildman–Crippen LogP) is -0.616. The van der Waals surface area contributed by atoms with Crippen molar-refractivity contribution in [2.24, 2.45) is 0 Å². The Morgan fingerprint density at radius 1 is 0.806 bits per heavy atom. The van der Waals surface area contributed by atoms with Crippen molar-refractivity contribution in [3.05, 3.63) is 28.7 Å². The summed E-state index contributed by atoms with van der Waals surface area (Å²) < 4.78 is 61.1. The third-order valence-electron chi connectivity index (χ3n) is 3.69. The Morgan fingerprint density at radius 2 is 1.32 bits per heavy atom. The molecule has 7 N–H and O–H groups in total. The van der Waals surface area contributed by atoms with E-state index in [0.717, 1.165) is 0 Å². The molecule has 17 heteroatoms. The Bertz CT molecular complexity index is 1290. The first-order chi connectivity index (χ1) is 14.5. The van der Waals surface area contributed by atoms with E-state index in [1.165, 1.54) is 0 Å². The van der Waals surface area contributed by atoms with Gasteiger partial charge in [0, 0.05) is 18.8 Å². The summed E-state index contributed by atoms with van der Waals surface area (Å²) in [6.07, 6.45) is 0. The minimum absolute atomic E-state index is 0.0101. The third kappa shape index (κ3) is 7.17. The fraction of sp³-hybridized carbons (Fsp3) is 0.286. The summed E-state index contributed by atoms with van der Waals surface area (Å²) in [5, 5.41) is 8.10. The number of fused-ring (bicyclic) bond motifs is 1. The molecule has 168 valence electrons. The van der Waals surface area contributed by atoms with Gasteiger partial charge in [-0.3, -0.25) is 9.11 Å². The van der Waals surface area contributed by atoms with Crippen molar-refractivity contribution in [1.29, 1.82) is 0 Å². The molecule has 0 saturated heterocycles. The van der Waals surface area contributed by atoms with E-state index in [1.807, 2.05) is 0 Å². The van der Waals surface area contributed by atoms with E-state index in [2.05, 4.69) is 40.9 Å². The topological polar surface area (TPSA) is 232 Å². The Labute approximate surface area is 175 Å². The molecular weight excluding hydrogens is 456 g/mol. The smallest absolute Gasteiger partial charge is 0.323 e. The highest BCUT2D eigenvalue weighted by molar-refractivity contribution is 7.86. The number of nitrogens with zero attached hydrogens (tertiary/aromatic N) is 3. The van der Waals surface area contributed by atoms with E-state index in [4.69, 9.17) is 9.11 Å². The molecule has 0 aliphatic heterocycles. The highest BCUT2D eigenvalue weighted by atomic mass is 32.2. The second kappa shape index (κ2) is 8.84. The highest BCUT2D eigenvalue weighted by Gasteiger charge is 2.11. The summed E-state index contributed by atoms with van der Waals surface area (Å²) in [5.41, 5.74) is 1.25. The fourth-order valence-corrected chi connectivity index (χ4v) is 3.13. The van der Waals surface area contributed by atoms with Gasteiger partial charge in [0.15, 0.2) is 0 Å². The van der Waals surface area contributed by atoms with Crippen molar-refractivity contribution >= 4 is 54.8 Å². The predicted molar refractivity (Wildman–Crippen MR) is 112 cm³/mol. The van der Waals surface area contributed by atoms with Gasteiger partial charge in [-0.1, -0.05) is 0 Å². The molecule has 0 atom stereocenters. The molecule has 0 amide bonds. The maximum Gasteiger partial charge on any atom is 0.323 e. The summed E-state index contributed by atoms with van der Waals surface area (Å²) in [7, 11) is -8.41. The van der Waals surface area contributed by atoms with E-state index < -0.39 is 31.7 Å². The van der Waals surface area contributed by atoms with Crippen LogP contribution in [0.25, 0.3) is 11.0 Å². The van der Waals surface area contributed by atoms with Crippen LogP contribution in [0.15, 0.2) is 23.0 Å². The second-order valence-corrected chi connectivity index (χ2v) is 9.34. The van der Waals surface area contributed by atoms with Crippen LogP contribution < -0.4 is 21.6 Å². The van der Waals surface area contributed by atoms with Crippen LogP contribution in [0.3, 0.4) is 0 Å². The van der Waals surface area contributed by atoms with Gasteiger partial charge >= 0.3 is 5.69 Å². The monoisotopic (exact) mass is 474 g/mol. The van der Waals surface area contributed by atoms with Gasteiger partial charge in [-0.25, -0.2) is 4.79 Å². The average Bonchev–Trinajstić information content (AvgIpc) is 2.99. The summed E-state index contributed by atoms with van der Waals surface area (Å²) in [4.78, 5) is 28.7. The molecule has 0 aliphatic carbocycles. The van der Waals surface area contributed by atoms with Crippen LogP contribution in [0.2, 0.25) is 0 Å². The van der Waals surface area contributed by atoms with Crippen LogP contribution in [0.5, 0.6) is 0 Å². The zero-order valence-corrected chi connectivity index (χ0v) is 17.3. The first-order valence-corrected chi connectivity index (χ1v) is 11.8. The van der Waals surface area contributed by atoms with Crippen molar-refractivity contribution in [2.45, 2.75) is 0 Å². The number of aromatic nitrogens is 5. The van der Waals surface area contributed by atoms with Crippen LogP contribution >= 0.6 is 0 Å². The maximum atomic E-state index is 11.4. The van der Waals surface area contributed by atoms with Crippen LogP contribution in [-0.2, 0) is 20.2 Å². The normalized spacial score (nSPS) is 12.1. The van der Waals surface area contributed by atoms with E-state index >= 15 is 0 Å². The molecule has 0 unspecified atom stereocenters. The number of H-pyrrole nitrogens is 2. The molecule has 0 radical (unpaired) electrons. The van der Waals surface area contributed by atoms with Gasteiger partial charge < -0.3 is 25.9 Å². The number of hydrogen-bond donors (Lipinski definition) is 7. The molecule has 1 aromatic carbocycles. The van der Waals surface area contributed by atoms with Crippen LogP contribution in [0, 0.1) is 0 Å². The summed E-state index contributed by atoms with van der Waals surface area (Å²) in [6.45, 7) is -0.410. The minimum Gasteiger partial charge on any atom is -0.353 e. The summed E-state index contributed by atoms with van der Waals surface area (Å²) in [5.74, 6) is -1.30. The van der Waals surface area contributed by atoms with Crippen LogP contribution in [0.4, 0.5) is 23.5 Å². The van der Waals surface area contributed by atoms with Gasteiger partial charge in [0.05, 0.1) is 22.5 Å². The number of nitrogens with one attached hydrogen (secondary N) is 5. The van der Waals surface area contributed by atoms with Crippen molar-refractivity contribution in [1.82, 2.24) is 24.9 Å². The van der Waals surface area contributed by atoms with Gasteiger partial charge in [0.1, 0.15) is 0 Å². The number of imidazole rings is 1. The van der Waals surface area contributed by atoms with Crippen molar-refractivity contribution in [3.8, 4) is 0 Å². The Morgan fingerprint density at radius 3 is 1.87 bits per heavy atom. The molecule has 3 aromatic rings. The highest BCUT2D eigenvalue weighted by Crippen LogP contribution is 2.19. The van der Waals surface area contributed by atoms with Gasteiger partial charge in [0.25, 0.3) is 20.2 Å². The largest absolute Gasteiger partial charge is 0.353 e. The first-order valence-electron chi connectivity index (χ1n) is 8.60. The molecule has 0 bridgehead atoms. The summed E-state index contributed by atoms with van der Waals surface area (Å²) >= 11 is 0. The van der Waals surface area contributed by atoms with Crippen molar-refractivity contribution in [3.63, 3.8) is 0 Å². The maximum absolute atomic E-state index is 11.4. The molecule has 31 heavy (non-hydrogen) atoms. The fourth-order valence-electron chi connectivity index (χ4n) is 2.41. The van der Waals surface area contributed by atoms with Crippen molar-refractivity contribution in [2.75, 3.05) is 40.5 Å².